The van der Waals surface area contributed by atoms with Crippen LogP contribution in [-0.2, 0) is 0 Å². The highest BCUT2D eigenvalue weighted by Gasteiger charge is 2.27. The number of hydrogen-bond donors (Lipinski definition) is 2. The summed E-state index contributed by atoms with van der Waals surface area (Å²) < 4.78 is 30.1. The summed E-state index contributed by atoms with van der Waals surface area (Å²) >= 11 is 0. The summed E-state index contributed by atoms with van der Waals surface area (Å²) in [7, 11) is 6.07. The Balaban J connectivity index is 0.00000320. The number of halogens is 3. The van der Waals surface area contributed by atoms with Crippen molar-refractivity contribution < 1.29 is 13.5 Å². The first-order valence-corrected chi connectivity index (χ1v) is 10.1. The van der Waals surface area contributed by atoms with Gasteiger partial charge in [0.2, 0.25) is 0 Å². The predicted molar refractivity (Wildman–Crippen MR) is 128 cm³/mol. The lowest BCUT2D eigenvalue weighted by atomic mass is 10.2. The van der Waals surface area contributed by atoms with E-state index in [9.17, 15) is 8.78 Å². The van der Waals surface area contributed by atoms with Crippen LogP contribution in [0.15, 0.2) is 29.3 Å². The van der Waals surface area contributed by atoms with E-state index in [0.717, 1.165) is 45.1 Å². The zero-order valence-electron chi connectivity index (χ0n) is 17.9. The van der Waals surface area contributed by atoms with Gasteiger partial charge >= 0.3 is 6.61 Å². The number of guanidine groups is 1. The topological polar surface area (TPSA) is 55.4 Å². The van der Waals surface area contributed by atoms with Gasteiger partial charge in [-0.15, -0.1) is 24.0 Å². The van der Waals surface area contributed by atoms with Gasteiger partial charge < -0.3 is 25.2 Å². The maximum absolute atomic E-state index is 12.7. The Morgan fingerprint density at radius 3 is 2.70 bits per heavy atom. The number of piperazine rings is 1. The van der Waals surface area contributed by atoms with E-state index in [1.165, 1.54) is 0 Å². The minimum atomic E-state index is -2.83. The van der Waals surface area contributed by atoms with E-state index >= 15 is 0 Å². The van der Waals surface area contributed by atoms with Crippen molar-refractivity contribution in [1.82, 2.24) is 20.4 Å². The third-order valence-corrected chi connectivity index (χ3v) is 5.66. The minimum absolute atomic E-state index is 0. The van der Waals surface area contributed by atoms with E-state index in [0.29, 0.717) is 18.3 Å². The number of hydrogen-bond acceptors (Lipinski definition) is 5. The molecule has 10 heteroatoms. The Kier molecular flexibility index (Phi) is 9.82. The first kappa shape index (κ1) is 24.9. The second-order valence-electron chi connectivity index (χ2n) is 7.77. The highest BCUT2D eigenvalue weighted by molar-refractivity contribution is 14.0. The molecule has 2 fully saturated rings. The molecule has 1 aromatic rings. The second kappa shape index (κ2) is 11.8. The molecule has 3 rings (SSSR count). The average molecular weight is 538 g/mol. The number of benzene rings is 1. The number of rotatable bonds is 6. The molecule has 2 N–H and O–H groups in total. The third kappa shape index (κ3) is 6.81. The Morgan fingerprint density at radius 2 is 1.97 bits per heavy atom. The lowest BCUT2D eigenvalue weighted by Crippen LogP contribution is -2.56. The molecule has 1 aromatic carbocycles. The fourth-order valence-electron chi connectivity index (χ4n) is 3.94. The SMILES string of the molecule is CN=C(NCC1CN(C)CCN1C)NC1CCN(c2ccccc2OC(F)F)C1.I. The molecule has 2 aliphatic rings. The van der Waals surface area contributed by atoms with Crippen molar-refractivity contribution in [3.05, 3.63) is 24.3 Å². The summed E-state index contributed by atoms with van der Waals surface area (Å²) in [6, 6.07) is 7.58. The maximum atomic E-state index is 12.7. The molecule has 7 nitrogen and oxygen atoms in total. The Morgan fingerprint density at radius 1 is 1.20 bits per heavy atom. The summed E-state index contributed by atoms with van der Waals surface area (Å²) in [5, 5.41) is 6.90. The molecule has 2 unspecified atom stereocenters. The quantitative estimate of drug-likeness (QED) is 0.328. The van der Waals surface area contributed by atoms with Crippen LogP contribution in [0.2, 0.25) is 0 Å². The van der Waals surface area contributed by atoms with Crippen LogP contribution in [-0.4, -0.2) is 94.9 Å². The van der Waals surface area contributed by atoms with Gasteiger partial charge in [-0.1, -0.05) is 12.1 Å². The normalized spacial score (nSPS) is 23.4. The molecular weight excluding hydrogens is 505 g/mol. The van der Waals surface area contributed by atoms with E-state index in [1.807, 2.05) is 12.1 Å². The van der Waals surface area contributed by atoms with E-state index in [2.05, 4.69) is 49.2 Å². The van der Waals surface area contributed by atoms with Crippen LogP contribution >= 0.6 is 24.0 Å². The van der Waals surface area contributed by atoms with Crippen molar-refractivity contribution in [2.45, 2.75) is 25.1 Å². The average Bonchev–Trinajstić information content (AvgIpc) is 3.15. The summed E-state index contributed by atoms with van der Waals surface area (Å²) in [6.45, 7) is 2.65. The Bertz CT molecular complexity index is 695. The van der Waals surface area contributed by atoms with Crippen LogP contribution in [0.5, 0.6) is 5.75 Å². The van der Waals surface area contributed by atoms with Crippen molar-refractivity contribution in [3.63, 3.8) is 0 Å². The van der Waals surface area contributed by atoms with E-state index < -0.39 is 6.61 Å². The van der Waals surface area contributed by atoms with Crippen molar-refractivity contribution in [2.75, 3.05) is 65.3 Å². The number of nitrogens with one attached hydrogen (secondary N) is 2. The van der Waals surface area contributed by atoms with Gasteiger partial charge in [-0.25, -0.2) is 0 Å². The Hall–Kier alpha value is -1.40. The van der Waals surface area contributed by atoms with Gasteiger partial charge in [0.15, 0.2) is 5.96 Å². The molecule has 30 heavy (non-hydrogen) atoms. The molecule has 2 heterocycles. The first-order chi connectivity index (χ1) is 14.0. The summed E-state index contributed by atoms with van der Waals surface area (Å²) in [5.41, 5.74) is 0.701. The third-order valence-electron chi connectivity index (χ3n) is 5.66. The van der Waals surface area contributed by atoms with E-state index in [4.69, 9.17) is 0 Å². The van der Waals surface area contributed by atoms with Crippen LogP contribution in [0.25, 0.3) is 0 Å². The molecule has 0 radical (unpaired) electrons. The summed E-state index contributed by atoms with van der Waals surface area (Å²) in [4.78, 5) is 11.1. The van der Waals surface area contributed by atoms with Gasteiger partial charge in [0.1, 0.15) is 5.75 Å². The smallest absolute Gasteiger partial charge is 0.387 e. The van der Waals surface area contributed by atoms with Crippen LogP contribution in [0.3, 0.4) is 0 Å². The fraction of sp³-hybridized carbons (Fsp3) is 0.650. The van der Waals surface area contributed by atoms with Crippen LogP contribution in [0.1, 0.15) is 6.42 Å². The van der Waals surface area contributed by atoms with Gasteiger partial charge in [0, 0.05) is 58.4 Å². The van der Waals surface area contributed by atoms with Gasteiger partial charge in [-0.05, 0) is 32.6 Å². The van der Waals surface area contributed by atoms with Crippen LogP contribution in [0.4, 0.5) is 14.5 Å². The first-order valence-electron chi connectivity index (χ1n) is 10.1. The van der Waals surface area contributed by atoms with Crippen molar-refractivity contribution in [2.24, 2.45) is 4.99 Å². The lowest BCUT2D eigenvalue weighted by molar-refractivity contribution is -0.0495. The fourth-order valence-corrected chi connectivity index (χ4v) is 3.94. The highest BCUT2D eigenvalue weighted by Crippen LogP contribution is 2.31. The van der Waals surface area contributed by atoms with Crippen molar-refractivity contribution >= 4 is 35.6 Å². The van der Waals surface area contributed by atoms with Gasteiger partial charge in [0.05, 0.1) is 5.69 Å². The monoisotopic (exact) mass is 538 g/mol. The lowest BCUT2D eigenvalue weighted by Gasteiger charge is -2.38. The molecule has 170 valence electrons. The van der Waals surface area contributed by atoms with Crippen molar-refractivity contribution in [3.8, 4) is 5.75 Å². The van der Waals surface area contributed by atoms with Gasteiger partial charge in [-0.2, -0.15) is 8.78 Å². The molecule has 2 aliphatic heterocycles. The molecule has 0 aliphatic carbocycles. The summed E-state index contributed by atoms with van der Waals surface area (Å²) in [5.74, 6) is 0.991. The van der Waals surface area contributed by atoms with E-state index in [1.54, 1.807) is 19.2 Å². The number of anilines is 1. The van der Waals surface area contributed by atoms with Crippen LogP contribution in [0, 0.1) is 0 Å². The molecule has 2 atom stereocenters. The Labute approximate surface area is 194 Å². The maximum Gasteiger partial charge on any atom is 0.387 e. The largest absolute Gasteiger partial charge is 0.433 e. The molecule has 0 aromatic heterocycles. The molecule has 2 saturated heterocycles. The number of ether oxygens (including phenoxy) is 1. The van der Waals surface area contributed by atoms with E-state index in [-0.39, 0.29) is 35.8 Å². The highest BCUT2D eigenvalue weighted by atomic mass is 127. The predicted octanol–water partition coefficient (Wildman–Crippen LogP) is 1.90. The number of aliphatic imine (C=N–C) groups is 1. The van der Waals surface area contributed by atoms with Gasteiger partial charge in [0.25, 0.3) is 0 Å². The number of para-hydroxylation sites is 2. The summed E-state index contributed by atoms with van der Waals surface area (Å²) in [6.07, 6.45) is 0.899. The van der Waals surface area contributed by atoms with Crippen LogP contribution < -0.4 is 20.3 Å². The molecule has 0 amide bonds. The zero-order valence-corrected chi connectivity index (χ0v) is 20.2. The van der Waals surface area contributed by atoms with Gasteiger partial charge in [-0.3, -0.25) is 9.89 Å². The molecule has 0 bridgehead atoms. The minimum Gasteiger partial charge on any atom is -0.433 e. The second-order valence-corrected chi connectivity index (χ2v) is 7.77. The van der Waals surface area contributed by atoms with Crippen molar-refractivity contribution in [1.29, 1.82) is 0 Å². The number of nitrogens with zero attached hydrogens (tertiary/aromatic N) is 4. The molecular formula is C20H33F2IN6O. The standard InChI is InChI=1S/C20H32F2N6O.HI/c1-23-20(24-12-16-14-26(2)10-11-27(16)3)25-15-8-9-28(13-15)17-6-4-5-7-18(17)29-19(21)22;/h4-7,15-16,19H,8-14H2,1-3H3,(H2,23,24,25);1H. The number of alkyl halides is 2. The molecule has 0 saturated carbocycles. The zero-order chi connectivity index (χ0) is 20.8. The molecule has 0 spiro atoms. The number of likely N-dealkylation sites (N-methyl/N-ethyl adjacent to an activating group) is 2.